The van der Waals surface area contributed by atoms with Gasteiger partial charge in [0.25, 0.3) is 0 Å². The summed E-state index contributed by atoms with van der Waals surface area (Å²) in [5.41, 5.74) is 0.886. The normalized spacial score (nSPS) is 11.8. The van der Waals surface area contributed by atoms with Crippen molar-refractivity contribution in [1.29, 1.82) is 0 Å². The largest absolute Gasteiger partial charge is 0.351 e. The van der Waals surface area contributed by atoms with E-state index in [2.05, 4.69) is 11.9 Å². The molecule has 0 aromatic heterocycles. The Morgan fingerprint density at radius 1 is 1.40 bits per heavy atom. The predicted octanol–water partition coefficient (Wildman–Crippen LogP) is 2.84. The van der Waals surface area contributed by atoms with Gasteiger partial charge in [0, 0.05) is 12.2 Å². The minimum absolute atomic E-state index is 0.504. The lowest BCUT2D eigenvalue weighted by Crippen LogP contribution is -2.02. The van der Waals surface area contributed by atoms with Crippen LogP contribution in [0.5, 0.6) is 0 Å². The fraction of sp³-hybridized carbons (Fsp3) is 0.417. The maximum atomic E-state index is 10.2. The lowest BCUT2D eigenvalue weighted by Gasteiger charge is -2.11. The first-order valence-electron chi connectivity index (χ1n) is 5.12. The standard InChI is InChI=1S/C12H15NO2/c1-2-3-9-15-12(13-10-14)11-7-5-4-6-8-11/h4-8,12H,2-3,9H2,1H3. The number of isocyanates is 1. The van der Waals surface area contributed by atoms with E-state index in [-0.39, 0.29) is 0 Å². The molecular formula is C12H15NO2. The number of nitrogens with zero attached hydrogens (tertiary/aromatic N) is 1. The quantitative estimate of drug-likeness (QED) is 0.407. The summed E-state index contributed by atoms with van der Waals surface area (Å²) in [6.07, 6.45) is 3.07. The van der Waals surface area contributed by atoms with Gasteiger partial charge >= 0.3 is 0 Å². The first kappa shape index (κ1) is 11.6. The monoisotopic (exact) mass is 205 g/mol. The second kappa shape index (κ2) is 6.93. The van der Waals surface area contributed by atoms with Gasteiger partial charge in [0.2, 0.25) is 6.08 Å². The molecule has 1 aromatic carbocycles. The zero-order valence-corrected chi connectivity index (χ0v) is 8.85. The second-order valence-electron chi connectivity index (χ2n) is 3.21. The summed E-state index contributed by atoms with van der Waals surface area (Å²) in [6, 6.07) is 9.48. The van der Waals surface area contributed by atoms with Gasteiger partial charge in [0.15, 0.2) is 6.23 Å². The number of benzene rings is 1. The number of carbonyl (C=O) groups excluding carboxylic acids is 1. The van der Waals surface area contributed by atoms with Crippen molar-refractivity contribution in [3.63, 3.8) is 0 Å². The molecule has 0 radical (unpaired) electrons. The molecule has 0 N–H and O–H groups in total. The van der Waals surface area contributed by atoms with Crippen molar-refractivity contribution in [3.05, 3.63) is 35.9 Å². The Hall–Kier alpha value is -1.44. The van der Waals surface area contributed by atoms with E-state index in [0.29, 0.717) is 6.61 Å². The summed E-state index contributed by atoms with van der Waals surface area (Å²) in [5.74, 6) is 0. The summed E-state index contributed by atoms with van der Waals surface area (Å²) in [7, 11) is 0. The average Bonchev–Trinajstić information content (AvgIpc) is 2.29. The van der Waals surface area contributed by atoms with E-state index in [4.69, 9.17) is 4.74 Å². The van der Waals surface area contributed by atoms with E-state index in [9.17, 15) is 4.79 Å². The number of unbranched alkanes of at least 4 members (excludes halogenated alkanes) is 1. The summed E-state index contributed by atoms with van der Waals surface area (Å²) >= 11 is 0. The van der Waals surface area contributed by atoms with Crippen molar-refractivity contribution in [1.82, 2.24) is 0 Å². The van der Waals surface area contributed by atoms with Crippen molar-refractivity contribution in [2.45, 2.75) is 26.0 Å². The van der Waals surface area contributed by atoms with E-state index in [1.54, 1.807) is 6.08 Å². The van der Waals surface area contributed by atoms with Gasteiger partial charge in [-0.15, -0.1) is 0 Å². The molecule has 0 aliphatic rings. The number of hydrogen-bond acceptors (Lipinski definition) is 3. The van der Waals surface area contributed by atoms with Gasteiger partial charge in [-0.25, -0.2) is 4.79 Å². The van der Waals surface area contributed by atoms with E-state index in [0.717, 1.165) is 18.4 Å². The van der Waals surface area contributed by atoms with Crippen molar-refractivity contribution in [2.75, 3.05) is 6.61 Å². The van der Waals surface area contributed by atoms with Gasteiger partial charge in [-0.3, -0.25) is 0 Å². The molecule has 0 saturated heterocycles. The van der Waals surface area contributed by atoms with Crippen LogP contribution in [-0.2, 0) is 9.53 Å². The van der Waals surface area contributed by atoms with E-state index in [1.807, 2.05) is 30.3 Å². The Balaban J connectivity index is 2.62. The molecule has 0 aliphatic carbocycles. The van der Waals surface area contributed by atoms with Gasteiger partial charge in [-0.1, -0.05) is 43.7 Å². The minimum Gasteiger partial charge on any atom is -0.351 e. The van der Waals surface area contributed by atoms with Gasteiger partial charge in [-0.2, -0.15) is 4.99 Å². The molecule has 0 fully saturated rings. The van der Waals surface area contributed by atoms with Crippen LogP contribution in [0.15, 0.2) is 35.3 Å². The Kier molecular flexibility index (Phi) is 5.38. The summed E-state index contributed by atoms with van der Waals surface area (Å²) in [6.45, 7) is 2.70. The molecule has 0 heterocycles. The van der Waals surface area contributed by atoms with Crippen molar-refractivity contribution >= 4 is 6.08 Å². The molecule has 3 nitrogen and oxygen atoms in total. The summed E-state index contributed by atoms with van der Waals surface area (Å²) in [4.78, 5) is 13.9. The lowest BCUT2D eigenvalue weighted by molar-refractivity contribution is 0.0570. The van der Waals surface area contributed by atoms with Crippen LogP contribution in [0.2, 0.25) is 0 Å². The molecule has 0 saturated carbocycles. The molecule has 15 heavy (non-hydrogen) atoms. The smallest absolute Gasteiger partial charge is 0.238 e. The first-order valence-corrected chi connectivity index (χ1v) is 5.12. The molecule has 3 heteroatoms. The lowest BCUT2D eigenvalue weighted by atomic mass is 10.2. The maximum absolute atomic E-state index is 10.2. The third kappa shape index (κ3) is 4.07. The topological polar surface area (TPSA) is 38.7 Å². The fourth-order valence-electron chi connectivity index (χ4n) is 1.21. The van der Waals surface area contributed by atoms with Crippen LogP contribution in [0.1, 0.15) is 31.6 Å². The molecule has 0 bridgehead atoms. The molecule has 1 unspecified atom stereocenters. The zero-order chi connectivity index (χ0) is 10.9. The SMILES string of the molecule is CCCCOC(N=C=O)c1ccccc1. The molecule has 1 rings (SSSR count). The van der Waals surface area contributed by atoms with Crippen molar-refractivity contribution in [3.8, 4) is 0 Å². The Labute approximate surface area is 89.8 Å². The zero-order valence-electron chi connectivity index (χ0n) is 8.85. The number of rotatable bonds is 6. The van der Waals surface area contributed by atoms with Crippen molar-refractivity contribution < 1.29 is 9.53 Å². The molecule has 0 spiro atoms. The number of hydrogen-bond donors (Lipinski definition) is 0. The van der Waals surface area contributed by atoms with Gasteiger partial charge in [0.05, 0.1) is 0 Å². The Morgan fingerprint density at radius 3 is 2.73 bits per heavy atom. The molecule has 0 amide bonds. The van der Waals surface area contributed by atoms with Crippen LogP contribution in [0.4, 0.5) is 0 Å². The molecule has 80 valence electrons. The van der Waals surface area contributed by atoms with Crippen LogP contribution >= 0.6 is 0 Å². The highest BCUT2D eigenvalue weighted by Gasteiger charge is 2.08. The highest BCUT2D eigenvalue weighted by atomic mass is 16.5. The van der Waals surface area contributed by atoms with Crippen molar-refractivity contribution in [2.24, 2.45) is 4.99 Å². The molecule has 1 atom stereocenters. The molecule has 1 aromatic rings. The third-order valence-corrected chi connectivity index (χ3v) is 2.03. The fourth-order valence-corrected chi connectivity index (χ4v) is 1.21. The summed E-state index contributed by atoms with van der Waals surface area (Å²) < 4.78 is 5.48. The minimum atomic E-state index is -0.504. The maximum Gasteiger partial charge on any atom is 0.238 e. The van der Waals surface area contributed by atoms with Crippen LogP contribution < -0.4 is 0 Å². The predicted molar refractivity (Wildman–Crippen MR) is 58.2 cm³/mol. The van der Waals surface area contributed by atoms with Crippen LogP contribution in [0.3, 0.4) is 0 Å². The van der Waals surface area contributed by atoms with E-state index < -0.39 is 6.23 Å². The highest BCUT2D eigenvalue weighted by Crippen LogP contribution is 2.18. The summed E-state index contributed by atoms with van der Waals surface area (Å²) in [5, 5.41) is 0. The first-order chi connectivity index (χ1) is 7.38. The Bertz CT molecular complexity index is 318. The van der Waals surface area contributed by atoms with E-state index >= 15 is 0 Å². The Morgan fingerprint density at radius 2 is 2.13 bits per heavy atom. The van der Waals surface area contributed by atoms with Crippen LogP contribution in [0.25, 0.3) is 0 Å². The second-order valence-corrected chi connectivity index (χ2v) is 3.21. The van der Waals surface area contributed by atoms with Gasteiger partial charge < -0.3 is 4.74 Å². The number of aliphatic imine (C=N–C) groups is 1. The van der Waals surface area contributed by atoms with Crippen LogP contribution in [-0.4, -0.2) is 12.7 Å². The number of ether oxygens (including phenoxy) is 1. The van der Waals surface area contributed by atoms with Crippen LogP contribution in [0, 0.1) is 0 Å². The molecule has 0 aliphatic heterocycles. The van der Waals surface area contributed by atoms with Gasteiger partial charge in [0.1, 0.15) is 0 Å². The third-order valence-electron chi connectivity index (χ3n) is 2.03. The van der Waals surface area contributed by atoms with Gasteiger partial charge in [-0.05, 0) is 6.42 Å². The van der Waals surface area contributed by atoms with E-state index in [1.165, 1.54) is 0 Å². The average molecular weight is 205 g/mol. The highest BCUT2D eigenvalue weighted by molar-refractivity contribution is 5.34. The molecular weight excluding hydrogens is 190 g/mol.